The SMILES string of the molecule is CCCC(C)OCC(CC)(CC)CS(N)(=O)=O. The van der Waals surface area contributed by atoms with E-state index in [2.05, 4.69) is 6.92 Å². The summed E-state index contributed by atoms with van der Waals surface area (Å²) in [4.78, 5) is 0. The van der Waals surface area contributed by atoms with Gasteiger partial charge in [0.05, 0.1) is 18.5 Å². The molecule has 0 aliphatic carbocycles. The van der Waals surface area contributed by atoms with Crippen LogP contribution in [0.4, 0.5) is 0 Å². The van der Waals surface area contributed by atoms with Gasteiger partial charge in [-0.3, -0.25) is 0 Å². The van der Waals surface area contributed by atoms with Crippen LogP contribution < -0.4 is 5.14 Å². The molecule has 0 bridgehead atoms. The van der Waals surface area contributed by atoms with Crippen molar-refractivity contribution in [3.8, 4) is 0 Å². The second kappa shape index (κ2) is 7.34. The zero-order valence-corrected chi connectivity index (χ0v) is 12.3. The molecule has 0 aliphatic heterocycles. The molecule has 104 valence electrons. The molecule has 5 heteroatoms. The summed E-state index contributed by atoms with van der Waals surface area (Å²) in [5.74, 6) is 0.00580. The first-order chi connectivity index (χ1) is 7.78. The van der Waals surface area contributed by atoms with Gasteiger partial charge in [-0.1, -0.05) is 27.2 Å². The van der Waals surface area contributed by atoms with Gasteiger partial charge in [0.15, 0.2) is 0 Å². The Morgan fingerprint density at radius 1 is 1.24 bits per heavy atom. The third-order valence-electron chi connectivity index (χ3n) is 3.38. The first-order valence-electron chi connectivity index (χ1n) is 6.40. The molecule has 2 N–H and O–H groups in total. The average molecular weight is 265 g/mol. The standard InChI is InChI=1S/C12H27NO3S/c1-5-8-11(4)16-9-12(6-2,7-3)10-17(13,14)15/h11H,5-10H2,1-4H3,(H2,13,14,15). The monoisotopic (exact) mass is 265 g/mol. The molecule has 0 radical (unpaired) electrons. The predicted octanol–water partition coefficient (Wildman–Crippen LogP) is 2.29. The van der Waals surface area contributed by atoms with Crippen LogP contribution in [0.1, 0.15) is 53.4 Å². The van der Waals surface area contributed by atoms with Gasteiger partial charge in [0.2, 0.25) is 10.0 Å². The van der Waals surface area contributed by atoms with Crippen LogP contribution in [-0.2, 0) is 14.8 Å². The molecule has 1 atom stereocenters. The minimum Gasteiger partial charge on any atom is -0.378 e. The molecule has 0 aromatic rings. The lowest BCUT2D eigenvalue weighted by Crippen LogP contribution is -2.37. The van der Waals surface area contributed by atoms with Crippen LogP contribution in [0.3, 0.4) is 0 Å². The molecule has 1 unspecified atom stereocenters. The Morgan fingerprint density at radius 2 is 1.76 bits per heavy atom. The molecule has 0 amide bonds. The van der Waals surface area contributed by atoms with Crippen molar-refractivity contribution in [2.75, 3.05) is 12.4 Å². The van der Waals surface area contributed by atoms with Gasteiger partial charge < -0.3 is 4.74 Å². The van der Waals surface area contributed by atoms with E-state index >= 15 is 0 Å². The van der Waals surface area contributed by atoms with Gasteiger partial charge in [-0.25, -0.2) is 13.6 Å². The number of hydrogen-bond acceptors (Lipinski definition) is 3. The van der Waals surface area contributed by atoms with E-state index in [0.29, 0.717) is 6.61 Å². The van der Waals surface area contributed by atoms with Gasteiger partial charge in [0.25, 0.3) is 0 Å². The largest absolute Gasteiger partial charge is 0.378 e. The molecule has 4 nitrogen and oxygen atoms in total. The molecule has 17 heavy (non-hydrogen) atoms. The highest BCUT2D eigenvalue weighted by Gasteiger charge is 2.31. The second-order valence-electron chi connectivity index (χ2n) is 4.92. The summed E-state index contributed by atoms with van der Waals surface area (Å²) >= 11 is 0. The molecule has 0 saturated heterocycles. The summed E-state index contributed by atoms with van der Waals surface area (Å²) in [6.45, 7) is 8.58. The maximum Gasteiger partial charge on any atom is 0.209 e. The van der Waals surface area contributed by atoms with Crippen molar-refractivity contribution in [2.45, 2.75) is 59.5 Å². The van der Waals surface area contributed by atoms with E-state index in [9.17, 15) is 8.42 Å². The minimum atomic E-state index is -3.45. The second-order valence-corrected chi connectivity index (χ2v) is 6.54. The van der Waals surface area contributed by atoms with Crippen LogP contribution in [0.15, 0.2) is 0 Å². The van der Waals surface area contributed by atoms with Gasteiger partial charge in [-0.2, -0.15) is 0 Å². The van der Waals surface area contributed by atoms with E-state index in [1.165, 1.54) is 0 Å². The van der Waals surface area contributed by atoms with Crippen molar-refractivity contribution < 1.29 is 13.2 Å². The van der Waals surface area contributed by atoms with Crippen molar-refractivity contribution in [2.24, 2.45) is 10.6 Å². The number of sulfonamides is 1. The van der Waals surface area contributed by atoms with E-state index in [1.54, 1.807) is 0 Å². The molecule has 0 spiro atoms. The Kier molecular flexibility index (Phi) is 7.28. The van der Waals surface area contributed by atoms with Crippen molar-refractivity contribution in [3.63, 3.8) is 0 Å². The number of rotatable bonds is 9. The summed E-state index contributed by atoms with van der Waals surface area (Å²) in [7, 11) is -3.45. The Labute approximate surface area is 106 Å². The number of nitrogens with two attached hydrogens (primary N) is 1. The molecule has 0 aromatic heterocycles. The zero-order chi connectivity index (χ0) is 13.5. The highest BCUT2D eigenvalue weighted by molar-refractivity contribution is 7.89. The Balaban J connectivity index is 4.51. The normalized spacial score (nSPS) is 14.9. The lowest BCUT2D eigenvalue weighted by Gasteiger charge is -2.31. The Morgan fingerprint density at radius 3 is 2.12 bits per heavy atom. The van der Waals surface area contributed by atoms with E-state index in [0.717, 1.165) is 25.7 Å². The Hall–Kier alpha value is -0.130. The topological polar surface area (TPSA) is 69.4 Å². The molecular formula is C12H27NO3S. The van der Waals surface area contributed by atoms with Gasteiger partial charge in [-0.15, -0.1) is 0 Å². The van der Waals surface area contributed by atoms with Crippen LogP contribution >= 0.6 is 0 Å². The fourth-order valence-electron chi connectivity index (χ4n) is 1.94. The molecule has 0 aromatic carbocycles. The predicted molar refractivity (Wildman–Crippen MR) is 71.3 cm³/mol. The summed E-state index contributed by atoms with van der Waals surface area (Å²) < 4.78 is 28.3. The van der Waals surface area contributed by atoms with Crippen LogP contribution in [0, 0.1) is 5.41 Å². The smallest absolute Gasteiger partial charge is 0.209 e. The highest BCUT2D eigenvalue weighted by Crippen LogP contribution is 2.29. The van der Waals surface area contributed by atoms with Crippen molar-refractivity contribution in [1.82, 2.24) is 0 Å². The van der Waals surface area contributed by atoms with Crippen molar-refractivity contribution >= 4 is 10.0 Å². The van der Waals surface area contributed by atoms with Crippen LogP contribution in [0.5, 0.6) is 0 Å². The van der Waals surface area contributed by atoms with Crippen LogP contribution in [0.25, 0.3) is 0 Å². The third-order valence-corrected chi connectivity index (χ3v) is 4.39. The first kappa shape index (κ1) is 16.9. The van der Waals surface area contributed by atoms with Crippen LogP contribution in [0.2, 0.25) is 0 Å². The van der Waals surface area contributed by atoms with E-state index in [1.807, 2.05) is 20.8 Å². The molecule has 0 saturated carbocycles. The number of primary sulfonamides is 1. The van der Waals surface area contributed by atoms with E-state index in [-0.39, 0.29) is 17.3 Å². The van der Waals surface area contributed by atoms with E-state index in [4.69, 9.17) is 9.88 Å². The summed E-state index contributed by atoms with van der Waals surface area (Å²) in [5, 5.41) is 5.15. The number of hydrogen-bond donors (Lipinski definition) is 1. The maximum atomic E-state index is 11.3. The maximum absolute atomic E-state index is 11.3. The molecule has 0 fully saturated rings. The fraction of sp³-hybridized carbons (Fsp3) is 1.00. The third kappa shape index (κ3) is 7.01. The lowest BCUT2D eigenvalue weighted by atomic mass is 9.85. The van der Waals surface area contributed by atoms with Crippen LogP contribution in [-0.4, -0.2) is 26.9 Å². The fourth-order valence-corrected chi connectivity index (χ4v) is 3.28. The summed E-state index contributed by atoms with van der Waals surface area (Å²) in [6, 6.07) is 0. The molecular weight excluding hydrogens is 238 g/mol. The molecule has 0 heterocycles. The summed E-state index contributed by atoms with van der Waals surface area (Å²) in [6.07, 6.45) is 3.77. The minimum absolute atomic E-state index is 0.00580. The van der Waals surface area contributed by atoms with Crippen molar-refractivity contribution in [1.29, 1.82) is 0 Å². The van der Waals surface area contributed by atoms with Gasteiger partial charge in [-0.05, 0) is 26.2 Å². The number of ether oxygens (including phenoxy) is 1. The van der Waals surface area contributed by atoms with Crippen molar-refractivity contribution in [3.05, 3.63) is 0 Å². The summed E-state index contributed by atoms with van der Waals surface area (Å²) in [5.41, 5.74) is -0.338. The van der Waals surface area contributed by atoms with Gasteiger partial charge in [0, 0.05) is 5.41 Å². The van der Waals surface area contributed by atoms with E-state index < -0.39 is 10.0 Å². The first-order valence-corrected chi connectivity index (χ1v) is 8.12. The zero-order valence-electron chi connectivity index (χ0n) is 11.5. The Bertz CT molecular complexity index is 297. The average Bonchev–Trinajstić information content (AvgIpc) is 2.23. The highest BCUT2D eigenvalue weighted by atomic mass is 32.2. The molecule has 0 rings (SSSR count). The van der Waals surface area contributed by atoms with Gasteiger partial charge >= 0.3 is 0 Å². The lowest BCUT2D eigenvalue weighted by molar-refractivity contribution is -0.000358. The quantitative estimate of drug-likeness (QED) is 0.695. The van der Waals surface area contributed by atoms with Gasteiger partial charge in [0.1, 0.15) is 0 Å². The molecule has 0 aliphatic rings.